The van der Waals surface area contributed by atoms with Crippen molar-refractivity contribution < 1.29 is 14.3 Å². The lowest BCUT2D eigenvalue weighted by Crippen LogP contribution is -2.56. The van der Waals surface area contributed by atoms with Gasteiger partial charge in [0.05, 0.1) is 34.9 Å². The van der Waals surface area contributed by atoms with Crippen molar-refractivity contribution >= 4 is 23.5 Å². The Morgan fingerprint density at radius 3 is 2.47 bits per heavy atom. The number of piperazine rings is 1. The molecule has 2 saturated heterocycles. The van der Waals surface area contributed by atoms with Crippen LogP contribution in [0.3, 0.4) is 0 Å². The highest BCUT2D eigenvalue weighted by molar-refractivity contribution is 5.92. The van der Waals surface area contributed by atoms with Gasteiger partial charge in [0.2, 0.25) is 0 Å². The van der Waals surface area contributed by atoms with E-state index >= 15 is 0 Å². The number of benzene rings is 1. The summed E-state index contributed by atoms with van der Waals surface area (Å²) in [6.07, 6.45) is 5.85. The van der Waals surface area contributed by atoms with Crippen LogP contribution < -0.4 is 16.4 Å². The monoisotopic (exact) mass is 515 g/mol. The number of nitrogens with zero attached hydrogens (tertiary/aromatic N) is 7. The maximum absolute atomic E-state index is 12.7. The van der Waals surface area contributed by atoms with Gasteiger partial charge in [-0.05, 0) is 45.7 Å². The lowest BCUT2D eigenvalue weighted by molar-refractivity contribution is 0.0209. The summed E-state index contributed by atoms with van der Waals surface area (Å²) in [5.41, 5.74) is 13.5. The van der Waals surface area contributed by atoms with Gasteiger partial charge in [-0.15, -0.1) is 0 Å². The summed E-state index contributed by atoms with van der Waals surface area (Å²) in [7, 11) is 0. The SMILES string of the molecule is CC(C)(C)OC(=O)N1C[C@H]2CC[C@@H](C1)N2c1ccc(-c2cnc(N)c(-n3cc(C(N)=O)cn3)n2)cc1C#N. The summed E-state index contributed by atoms with van der Waals surface area (Å²) in [5, 5.41) is 14.1. The van der Waals surface area contributed by atoms with Crippen LogP contribution >= 0.6 is 0 Å². The summed E-state index contributed by atoms with van der Waals surface area (Å²) < 4.78 is 6.92. The van der Waals surface area contributed by atoms with Crippen LogP contribution in [0.25, 0.3) is 17.1 Å². The lowest BCUT2D eigenvalue weighted by Gasteiger charge is -2.43. The molecule has 0 saturated carbocycles. The van der Waals surface area contributed by atoms with Crippen LogP contribution in [0.4, 0.5) is 16.3 Å². The first kappa shape index (κ1) is 25.0. The number of amides is 2. The van der Waals surface area contributed by atoms with Gasteiger partial charge in [0.15, 0.2) is 11.6 Å². The van der Waals surface area contributed by atoms with Gasteiger partial charge in [-0.1, -0.05) is 6.07 Å². The van der Waals surface area contributed by atoms with Gasteiger partial charge in [0.25, 0.3) is 5.91 Å². The Labute approximate surface area is 219 Å². The maximum Gasteiger partial charge on any atom is 0.410 e. The predicted molar refractivity (Wildman–Crippen MR) is 139 cm³/mol. The van der Waals surface area contributed by atoms with Crippen LogP contribution in [0.1, 0.15) is 49.5 Å². The van der Waals surface area contributed by atoms with E-state index in [0.717, 1.165) is 18.5 Å². The number of ether oxygens (including phenoxy) is 1. The summed E-state index contributed by atoms with van der Waals surface area (Å²) in [4.78, 5) is 37.0. The Hall–Kier alpha value is -4.66. The second-order valence-corrected chi connectivity index (χ2v) is 10.5. The highest BCUT2D eigenvalue weighted by atomic mass is 16.6. The van der Waals surface area contributed by atoms with Crippen LogP contribution in [-0.2, 0) is 4.74 Å². The number of anilines is 2. The Morgan fingerprint density at radius 1 is 1.16 bits per heavy atom. The number of primary amides is 1. The van der Waals surface area contributed by atoms with Crippen LogP contribution in [0.15, 0.2) is 36.8 Å². The van der Waals surface area contributed by atoms with E-state index in [1.807, 2.05) is 32.9 Å². The summed E-state index contributed by atoms with van der Waals surface area (Å²) >= 11 is 0. The third-order valence-corrected chi connectivity index (χ3v) is 6.69. The lowest BCUT2D eigenvalue weighted by atomic mass is 10.0. The predicted octanol–water partition coefficient (Wildman–Crippen LogP) is 2.47. The fourth-order valence-electron chi connectivity index (χ4n) is 5.04. The molecule has 0 unspecified atom stereocenters. The van der Waals surface area contributed by atoms with E-state index in [2.05, 4.69) is 26.0 Å². The molecule has 0 radical (unpaired) electrons. The molecule has 38 heavy (non-hydrogen) atoms. The van der Waals surface area contributed by atoms with Gasteiger partial charge in [-0.25, -0.2) is 19.4 Å². The third-order valence-electron chi connectivity index (χ3n) is 6.69. The highest BCUT2D eigenvalue weighted by Crippen LogP contribution is 2.38. The molecule has 2 aliphatic heterocycles. The molecule has 4 N–H and O–H groups in total. The first-order chi connectivity index (χ1) is 18.0. The molecule has 3 aromatic rings. The number of aromatic nitrogens is 4. The smallest absolute Gasteiger partial charge is 0.410 e. The number of rotatable bonds is 4. The molecule has 12 nitrogen and oxygen atoms in total. The third kappa shape index (κ3) is 4.70. The van der Waals surface area contributed by atoms with E-state index in [4.69, 9.17) is 16.2 Å². The molecule has 2 atom stereocenters. The molecule has 5 rings (SSSR count). The average Bonchev–Trinajstić information content (AvgIpc) is 3.45. The molecular weight excluding hydrogens is 486 g/mol. The van der Waals surface area contributed by atoms with Crippen molar-refractivity contribution in [2.75, 3.05) is 23.7 Å². The van der Waals surface area contributed by atoms with E-state index in [0.29, 0.717) is 29.9 Å². The largest absolute Gasteiger partial charge is 0.444 e. The molecular formula is C26H29N9O3. The molecule has 12 heteroatoms. The van der Waals surface area contributed by atoms with Crippen LogP contribution in [-0.4, -0.2) is 67.4 Å². The van der Waals surface area contributed by atoms with E-state index < -0.39 is 11.5 Å². The van der Waals surface area contributed by atoms with Crippen molar-refractivity contribution in [3.63, 3.8) is 0 Å². The minimum atomic E-state index is -0.617. The normalized spacial score (nSPS) is 18.8. The number of nitrogen functional groups attached to an aromatic ring is 1. The van der Waals surface area contributed by atoms with Gasteiger partial charge in [0.1, 0.15) is 11.7 Å². The van der Waals surface area contributed by atoms with Gasteiger partial charge < -0.3 is 26.0 Å². The first-order valence-corrected chi connectivity index (χ1v) is 12.3. The molecule has 1 aromatic carbocycles. The average molecular weight is 516 g/mol. The summed E-state index contributed by atoms with van der Waals surface area (Å²) in [6, 6.07) is 8.10. The first-order valence-electron chi connectivity index (χ1n) is 12.3. The topological polar surface area (TPSA) is 169 Å². The fourth-order valence-corrected chi connectivity index (χ4v) is 5.04. The van der Waals surface area contributed by atoms with Gasteiger partial charge in [-0.2, -0.15) is 10.4 Å². The fraction of sp³-hybridized carbons (Fsp3) is 0.385. The number of likely N-dealkylation sites (tertiary alicyclic amines) is 1. The molecule has 0 aliphatic carbocycles. The number of carbonyl (C=O) groups is 2. The Balaban J connectivity index is 1.41. The Kier molecular flexibility index (Phi) is 6.14. The van der Waals surface area contributed by atoms with Crippen molar-refractivity contribution in [1.82, 2.24) is 24.6 Å². The molecule has 196 valence electrons. The molecule has 2 bridgehead atoms. The minimum absolute atomic E-state index is 0.0985. The quantitative estimate of drug-likeness (QED) is 0.530. The van der Waals surface area contributed by atoms with E-state index in [9.17, 15) is 14.9 Å². The molecule has 2 aromatic heterocycles. The minimum Gasteiger partial charge on any atom is -0.444 e. The molecule has 2 amide bonds. The van der Waals surface area contributed by atoms with E-state index in [1.165, 1.54) is 23.3 Å². The van der Waals surface area contributed by atoms with Gasteiger partial charge in [-0.3, -0.25) is 4.79 Å². The highest BCUT2D eigenvalue weighted by Gasteiger charge is 2.43. The zero-order valence-corrected chi connectivity index (χ0v) is 21.5. The maximum atomic E-state index is 12.7. The van der Waals surface area contributed by atoms with Crippen molar-refractivity contribution in [2.45, 2.75) is 51.3 Å². The van der Waals surface area contributed by atoms with Crippen LogP contribution in [0, 0.1) is 11.3 Å². The van der Waals surface area contributed by atoms with Gasteiger partial charge in [0, 0.05) is 36.9 Å². The van der Waals surface area contributed by atoms with Crippen molar-refractivity contribution in [3.05, 3.63) is 47.9 Å². The number of carbonyl (C=O) groups excluding carboxylic acids is 2. The second kappa shape index (κ2) is 9.33. The van der Waals surface area contributed by atoms with Gasteiger partial charge >= 0.3 is 6.09 Å². The number of nitrogens with two attached hydrogens (primary N) is 2. The zero-order chi connectivity index (χ0) is 27.2. The standard InChI is InChI=1S/C26H29N9O3/c1-26(2,3)38-25(37)33-13-18-5-6-19(14-33)35(18)21-7-4-15(8-16(21)9-27)20-11-30-22(28)24(32-20)34-12-17(10-31-34)23(29)36/h4,7-8,10-12,18-19H,5-6,13-14H2,1-3H3,(H2,28,30)(H2,29,36)/t18-,19+. The van der Waals surface area contributed by atoms with E-state index in [1.54, 1.807) is 11.0 Å². The molecule has 2 aliphatic rings. The molecule has 2 fully saturated rings. The number of fused-ring (bicyclic) bond motifs is 2. The number of hydrogen-bond donors (Lipinski definition) is 2. The van der Waals surface area contributed by atoms with Crippen molar-refractivity contribution in [1.29, 1.82) is 5.26 Å². The molecule has 4 heterocycles. The number of nitriles is 1. The van der Waals surface area contributed by atoms with Crippen LogP contribution in [0.2, 0.25) is 0 Å². The van der Waals surface area contributed by atoms with E-state index in [-0.39, 0.29) is 35.4 Å². The van der Waals surface area contributed by atoms with Crippen molar-refractivity contribution in [2.24, 2.45) is 5.73 Å². The summed E-state index contributed by atoms with van der Waals surface area (Å²) in [5.74, 6) is -0.243. The summed E-state index contributed by atoms with van der Waals surface area (Å²) in [6.45, 7) is 6.67. The Morgan fingerprint density at radius 2 is 1.87 bits per heavy atom. The zero-order valence-electron chi connectivity index (χ0n) is 21.5. The van der Waals surface area contributed by atoms with Crippen LogP contribution in [0.5, 0.6) is 0 Å². The second-order valence-electron chi connectivity index (χ2n) is 10.5. The Bertz CT molecular complexity index is 1440. The molecule has 0 spiro atoms. The van der Waals surface area contributed by atoms with Crippen molar-refractivity contribution in [3.8, 4) is 23.1 Å². The number of hydrogen-bond acceptors (Lipinski definition) is 9.